The Balaban J connectivity index is 1.62. The van der Waals surface area contributed by atoms with E-state index in [1.165, 1.54) is 0 Å². The second-order valence-corrected chi connectivity index (χ2v) is 7.69. The molecular weight excluding hydrogens is 336 g/mol. The topological polar surface area (TPSA) is 58.6 Å². The minimum atomic E-state index is -0.351. The molecular formula is C19H26N2O3S. The van der Waals surface area contributed by atoms with Gasteiger partial charge in [0.15, 0.2) is 0 Å². The standard InChI is InChI=1S/C19H26N2O3S/c1-3-24-16-9-5-8-15(10-16)13(2)20-18(22)17-11-25-12-21(17)19(23)14-6-4-7-14/h5,8-10,13-14,17H,3-4,6-7,11-12H2,1-2H3,(H,20,22). The quantitative estimate of drug-likeness (QED) is 0.845. The van der Waals surface area contributed by atoms with Gasteiger partial charge in [0.1, 0.15) is 11.8 Å². The average molecular weight is 362 g/mol. The first kappa shape index (κ1) is 18.1. The lowest BCUT2D eigenvalue weighted by Crippen LogP contribution is -2.50. The smallest absolute Gasteiger partial charge is 0.244 e. The highest BCUT2D eigenvalue weighted by molar-refractivity contribution is 7.99. The summed E-state index contributed by atoms with van der Waals surface area (Å²) in [4.78, 5) is 27.0. The molecule has 25 heavy (non-hydrogen) atoms. The van der Waals surface area contributed by atoms with Gasteiger partial charge in [-0.1, -0.05) is 18.6 Å². The molecule has 5 nitrogen and oxygen atoms in total. The molecule has 2 aliphatic rings. The average Bonchev–Trinajstić information content (AvgIpc) is 3.03. The van der Waals surface area contributed by atoms with E-state index in [0.29, 0.717) is 18.2 Å². The van der Waals surface area contributed by atoms with Crippen molar-refractivity contribution in [3.05, 3.63) is 29.8 Å². The zero-order chi connectivity index (χ0) is 17.8. The molecule has 0 aromatic heterocycles. The third kappa shape index (κ3) is 4.11. The van der Waals surface area contributed by atoms with Crippen LogP contribution in [0.2, 0.25) is 0 Å². The molecule has 1 N–H and O–H groups in total. The highest BCUT2D eigenvalue weighted by Crippen LogP contribution is 2.32. The van der Waals surface area contributed by atoms with E-state index in [0.717, 1.165) is 30.6 Å². The first-order valence-corrected chi connectivity index (χ1v) is 10.2. The summed E-state index contributed by atoms with van der Waals surface area (Å²) in [5.74, 6) is 2.33. The van der Waals surface area contributed by atoms with Crippen molar-refractivity contribution in [1.29, 1.82) is 0 Å². The van der Waals surface area contributed by atoms with E-state index in [2.05, 4.69) is 5.32 Å². The Labute approximate surface area is 153 Å². The summed E-state index contributed by atoms with van der Waals surface area (Å²) in [5.41, 5.74) is 1.00. The molecule has 1 aliphatic carbocycles. The van der Waals surface area contributed by atoms with Crippen LogP contribution < -0.4 is 10.1 Å². The molecule has 3 rings (SSSR count). The lowest BCUT2D eigenvalue weighted by molar-refractivity contribution is -0.143. The molecule has 1 aromatic carbocycles. The number of carbonyl (C=O) groups excluding carboxylic acids is 2. The predicted molar refractivity (Wildman–Crippen MR) is 99.5 cm³/mol. The number of nitrogens with zero attached hydrogens (tertiary/aromatic N) is 1. The van der Waals surface area contributed by atoms with E-state index >= 15 is 0 Å². The van der Waals surface area contributed by atoms with Crippen molar-refractivity contribution in [2.45, 2.75) is 45.2 Å². The Hall–Kier alpha value is -1.69. The summed E-state index contributed by atoms with van der Waals surface area (Å²) in [6.07, 6.45) is 3.06. The van der Waals surface area contributed by atoms with Gasteiger partial charge >= 0.3 is 0 Å². The molecule has 0 radical (unpaired) electrons. The van der Waals surface area contributed by atoms with Crippen LogP contribution in [0.5, 0.6) is 5.75 Å². The predicted octanol–water partition coefficient (Wildman–Crippen LogP) is 2.96. The molecule has 1 saturated carbocycles. The molecule has 0 spiro atoms. The van der Waals surface area contributed by atoms with Crippen LogP contribution in [0.25, 0.3) is 0 Å². The fourth-order valence-corrected chi connectivity index (χ4v) is 4.36. The Bertz CT molecular complexity index is 633. The second kappa shape index (κ2) is 8.13. The fourth-order valence-electron chi connectivity index (χ4n) is 3.20. The summed E-state index contributed by atoms with van der Waals surface area (Å²) in [7, 11) is 0. The summed E-state index contributed by atoms with van der Waals surface area (Å²) in [6, 6.07) is 7.30. The lowest BCUT2D eigenvalue weighted by Gasteiger charge is -2.32. The van der Waals surface area contributed by atoms with Gasteiger partial charge in [-0.2, -0.15) is 0 Å². The van der Waals surface area contributed by atoms with Gasteiger partial charge in [0.25, 0.3) is 0 Å². The van der Waals surface area contributed by atoms with Gasteiger partial charge in [-0.25, -0.2) is 0 Å². The number of rotatable bonds is 6. The van der Waals surface area contributed by atoms with E-state index in [9.17, 15) is 9.59 Å². The maximum absolute atomic E-state index is 12.7. The van der Waals surface area contributed by atoms with Crippen LogP contribution in [0.1, 0.15) is 44.7 Å². The van der Waals surface area contributed by atoms with Crippen molar-refractivity contribution in [3.8, 4) is 5.75 Å². The van der Waals surface area contributed by atoms with E-state index in [-0.39, 0.29) is 29.8 Å². The summed E-state index contributed by atoms with van der Waals surface area (Å²) >= 11 is 1.66. The SMILES string of the molecule is CCOc1cccc(C(C)NC(=O)C2CSCN2C(=O)C2CCC2)c1. The van der Waals surface area contributed by atoms with Crippen LogP contribution >= 0.6 is 11.8 Å². The normalized spacial score (nSPS) is 21.5. The van der Waals surface area contributed by atoms with E-state index in [1.54, 1.807) is 16.7 Å². The zero-order valence-corrected chi connectivity index (χ0v) is 15.7. The van der Waals surface area contributed by atoms with Crippen LogP contribution in [0.3, 0.4) is 0 Å². The Kier molecular flexibility index (Phi) is 5.89. The Morgan fingerprint density at radius 3 is 2.88 bits per heavy atom. The van der Waals surface area contributed by atoms with Crippen LogP contribution in [0.4, 0.5) is 0 Å². The molecule has 2 unspecified atom stereocenters. The van der Waals surface area contributed by atoms with Crippen molar-refractivity contribution in [1.82, 2.24) is 10.2 Å². The van der Waals surface area contributed by atoms with Crippen LogP contribution in [0.15, 0.2) is 24.3 Å². The maximum atomic E-state index is 12.7. The Morgan fingerprint density at radius 1 is 1.40 bits per heavy atom. The fraction of sp³-hybridized carbons (Fsp3) is 0.579. The highest BCUT2D eigenvalue weighted by atomic mass is 32.2. The van der Waals surface area contributed by atoms with Gasteiger partial charge in [0, 0.05) is 11.7 Å². The second-order valence-electron chi connectivity index (χ2n) is 6.69. The monoisotopic (exact) mass is 362 g/mol. The summed E-state index contributed by atoms with van der Waals surface area (Å²) in [6.45, 7) is 4.52. The van der Waals surface area contributed by atoms with Crippen LogP contribution in [0, 0.1) is 5.92 Å². The number of hydrogen-bond donors (Lipinski definition) is 1. The van der Waals surface area contributed by atoms with Crippen molar-refractivity contribution >= 4 is 23.6 Å². The molecule has 1 aromatic rings. The number of benzene rings is 1. The van der Waals surface area contributed by atoms with Crippen molar-refractivity contribution in [2.75, 3.05) is 18.2 Å². The summed E-state index contributed by atoms with van der Waals surface area (Å²) in [5, 5.41) is 3.07. The minimum Gasteiger partial charge on any atom is -0.494 e. The van der Waals surface area contributed by atoms with Crippen molar-refractivity contribution in [3.63, 3.8) is 0 Å². The first-order valence-electron chi connectivity index (χ1n) is 9.01. The highest BCUT2D eigenvalue weighted by Gasteiger charge is 2.39. The van der Waals surface area contributed by atoms with E-state index in [4.69, 9.17) is 4.74 Å². The van der Waals surface area contributed by atoms with Crippen LogP contribution in [-0.2, 0) is 9.59 Å². The molecule has 1 saturated heterocycles. The number of carbonyl (C=O) groups is 2. The molecule has 6 heteroatoms. The lowest BCUT2D eigenvalue weighted by atomic mass is 9.84. The van der Waals surface area contributed by atoms with Gasteiger partial charge in [0.05, 0.1) is 18.5 Å². The van der Waals surface area contributed by atoms with Gasteiger partial charge in [-0.3, -0.25) is 9.59 Å². The number of hydrogen-bond acceptors (Lipinski definition) is 4. The van der Waals surface area contributed by atoms with E-state index in [1.807, 2.05) is 38.1 Å². The number of amides is 2. The molecule has 2 amide bonds. The third-order valence-corrected chi connectivity index (χ3v) is 5.96. The minimum absolute atomic E-state index is 0.0630. The number of nitrogens with one attached hydrogen (secondary N) is 1. The van der Waals surface area contributed by atoms with Gasteiger partial charge in [-0.05, 0) is 44.4 Å². The van der Waals surface area contributed by atoms with Crippen LogP contribution in [-0.4, -0.2) is 41.0 Å². The summed E-state index contributed by atoms with van der Waals surface area (Å²) < 4.78 is 5.53. The van der Waals surface area contributed by atoms with E-state index < -0.39 is 0 Å². The largest absolute Gasteiger partial charge is 0.494 e. The number of thioether (sulfide) groups is 1. The Morgan fingerprint density at radius 2 is 2.20 bits per heavy atom. The number of ether oxygens (including phenoxy) is 1. The maximum Gasteiger partial charge on any atom is 0.244 e. The van der Waals surface area contributed by atoms with Gasteiger partial charge < -0.3 is 15.0 Å². The van der Waals surface area contributed by atoms with Crippen molar-refractivity contribution < 1.29 is 14.3 Å². The molecule has 0 bridgehead atoms. The molecule has 136 valence electrons. The van der Waals surface area contributed by atoms with Crippen molar-refractivity contribution in [2.24, 2.45) is 5.92 Å². The zero-order valence-electron chi connectivity index (χ0n) is 14.9. The van der Waals surface area contributed by atoms with Gasteiger partial charge in [0.2, 0.25) is 11.8 Å². The van der Waals surface area contributed by atoms with Gasteiger partial charge in [-0.15, -0.1) is 11.8 Å². The molecule has 1 aliphatic heterocycles. The first-order chi connectivity index (χ1) is 12.1. The third-order valence-electron chi connectivity index (χ3n) is 4.95. The molecule has 1 heterocycles. The molecule has 2 atom stereocenters. The molecule has 2 fully saturated rings.